The number of phenols is 1. The Morgan fingerprint density at radius 3 is 3.00 bits per heavy atom. The quantitative estimate of drug-likeness (QED) is 0.898. The van der Waals surface area contributed by atoms with Crippen LogP contribution in [0.2, 0.25) is 0 Å². The summed E-state index contributed by atoms with van der Waals surface area (Å²) in [5, 5.41) is 21.1. The Morgan fingerprint density at radius 1 is 1.32 bits per heavy atom. The zero-order valence-electron chi connectivity index (χ0n) is 13.4. The fourth-order valence-corrected chi connectivity index (χ4v) is 3.99. The van der Waals surface area contributed by atoms with Gasteiger partial charge < -0.3 is 14.9 Å². The lowest BCUT2D eigenvalue weighted by Crippen LogP contribution is -2.52. The second-order valence-electron chi connectivity index (χ2n) is 6.73. The Labute approximate surface area is 132 Å². The summed E-state index contributed by atoms with van der Waals surface area (Å²) in [7, 11) is 0. The highest BCUT2D eigenvalue weighted by molar-refractivity contribution is 5.45. The Bertz CT molecular complexity index is 519. The number of ether oxygens (including phenoxy) is 1. The molecule has 2 aliphatic rings. The van der Waals surface area contributed by atoms with Gasteiger partial charge in [0, 0.05) is 31.1 Å². The van der Waals surface area contributed by atoms with Crippen LogP contribution in [-0.2, 0) is 6.54 Å². The predicted octanol–water partition coefficient (Wildman–Crippen LogP) is 2.92. The maximum absolute atomic E-state index is 10.7. The van der Waals surface area contributed by atoms with Crippen molar-refractivity contribution in [2.75, 3.05) is 19.7 Å². The van der Waals surface area contributed by atoms with Gasteiger partial charge in [0.25, 0.3) is 0 Å². The minimum atomic E-state index is -0.441. The third-order valence-electron chi connectivity index (χ3n) is 5.29. The van der Waals surface area contributed by atoms with E-state index in [1.807, 2.05) is 19.1 Å². The third-order valence-corrected chi connectivity index (χ3v) is 5.29. The van der Waals surface area contributed by atoms with E-state index in [4.69, 9.17) is 4.74 Å². The highest BCUT2D eigenvalue weighted by Crippen LogP contribution is 2.40. The number of hydrogen-bond donors (Lipinski definition) is 2. The zero-order valence-corrected chi connectivity index (χ0v) is 13.4. The molecule has 0 radical (unpaired) electrons. The summed E-state index contributed by atoms with van der Waals surface area (Å²) in [5.41, 5.74) is 0.469. The molecule has 122 valence electrons. The number of likely N-dealkylation sites (tertiary alicyclic amines) is 1. The lowest BCUT2D eigenvalue weighted by Gasteiger charge is -2.47. The van der Waals surface area contributed by atoms with Crippen LogP contribution in [0.25, 0.3) is 0 Å². The molecule has 0 amide bonds. The summed E-state index contributed by atoms with van der Waals surface area (Å²) in [6.45, 7) is 5.01. The van der Waals surface area contributed by atoms with Crippen LogP contribution in [0.3, 0.4) is 0 Å². The molecule has 2 atom stereocenters. The van der Waals surface area contributed by atoms with Gasteiger partial charge in [-0.1, -0.05) is 25.0 Å². The fourth-order valence-electron chi connectivity index (χ4n) is 3.99. The Morgan fingerprint density at radius 2 is 2.18 bits per heavy atom. The number of nitrogens with zero attached hydrogens (tertiary/aromatic N) is 1. The zero-order chi connectivity index (χ0) is 15.6. The molecular formula is C18H27NO3. The highest BCUT2D eigenvalue weighted by Gasteiger charge is 2.42. The van der Waals surface area contributed by atoms with Crippen molar-refractivity contribution in [2.24, 2.45) is 5.92 Å². The molecule has 3 rings (SSSR count). The largest absolute Gasteiger partial charge is 0.504 e. The number of aromatic hydroxyl groups is 1. The van der Waals surface area contributed by atoms with Gasteiger partial charge >= 0.3 is 0 Å². The van der Waals surface area contributed by atoms with Gasteiger partial charge in [-0.3, -0.25) is 4.90 Å². The van der Waals surface area contributed by atoms with E-state index in [2.05, 4.69) is 4.90 Å². The second kappa shape index (κ2) is 6.47. The molecule has 2 fully saturated rings. The first-order valence-corrected chi connectivity index (χ1v) is 8.51. The average molecular weight is 305 g/mol. The fraction of sp³-hybridized carbons (Fsp3) is 0.667. The first-order valence-electron chi connectivity index (χ1n) is 8.51. The molecule has 0 spiro atoms. The van der Waals surface area contributed by atoms with E-state index in [1.54, 1.807) is 6.07 Å². The first kappa shape index (κ1) is 15.6. The minimum absolute atomic E-state index is 0.258. The van der Waals surface area contributed by atoms with E-state index in [9.17, 15) is 10.2 Å². The van der Waals surface area contributed by atoms with Crippen LogP contribution in [0.4, 0.5) is 0 Å². The average Bonchev–Trinajstić information content (AvgIpc) is 2.51. The summed E-state index contributed by atoms with van der Waals surface area (Å²) in [5.74, 6) is 1.20. The van der Waals surface area contributed by atoms with Gasteiger partial charge in [-0.2, -0.15) is 0 Å². The van der Waals surface area contributed by atoms with Crippen LogP contribution in [0, 0.1) is 5.92 Å². The molecule has 0 bridgehead atoms. The maximum atomic E-state index is 10.7. The van der Waals surface area contributed by atoms with Gasteiger partial charge in [-0.05, 0) is 32.3 Å². The van der Waals surface area contributed by atoms with Gasteiger partial charge in [0.1, 0.15) is 0 Å². The minimum Gasteiger partial charge on any atom is -0.504 e. The van der Waals surface area contributed by atoms with Crippen molar-refractivity contribution in [1.29, 1.82) is 0 Å². The summed E-state index contributed by atoms with van der Waals surface area (Å²) in [4.78, 5) is 2.36. The van der Waals surface area contributed by atoms with Gasteiger partial charge in [-0.25, -0.2) is 0 Å². The maximum Gasteiger partial charge on any atom is 0.162 e. The molecule has 1 heterocycles. The van der Waals surface area contributed by atoms with Crippen molar-refractivity contribution >= 4 is 0 Å². The number of piperidine rings is 1. The molecule has 1 saturated carbocycles. The van der Waals surface area contributed by atoms with Crippen LogP contribution in [0.5, 0.6) is 11.5 Å². The van der Waals surface area contributed by atoms with Crippen LogP contribution in [0.15, 0.2) is 18.2 Å². The highest BCUT2D eigenvalue weighted by atomic mass is 16.5. The number of fused-ring (bicyclic) bond motifs is 1. The van der Waals surface area contributed by atoms with Gasteiger partial charge in [0.2, 0.25) is 0 Å². The van der Waals surface area contributed by atoms with Crippen LogP contribution < -0.4 is 4.74 Å². The first-order chi connectivity index (χ1) is 10.6. The molecule has 1 aliphatic carbocycles. The number of aliphatic hydroxyl groups is 1. The normalized spacial score (nSPS) is 29.1. The molecule has 1 saturated heterocycles. The monoisotopic (exact) mass is 305 g/mol. The van der Waals surface area contributed by atoms with Crippen molar-refractivity contribution in [3.63, 3.8) is 0 Å². The van der Waals surface area contributed by atoms with Crippen LogP contribution in [-0.4, -0.2) is 40.4 Å². The van der Waals surface area contributed by atoms with Crippen LogP contribution >= 0.6 is 0 Å². The lowest BCUT2D eigenvalue weighted by molar-refractivity contribution is -0.0968. The number of benzene rings is 1. The molecule has 1 aromatic rings. The van der Waals surface area contributed by atoms with Crippen molar-refractivity contribution in [3.05, 3.63) is 23.8 Å². The van der Waals surface area contributed by atoms with Crippen LogP contribution in [0.1, 0.15) is 44.6 Å². The summed E-state index contributed by atoms with van der Waals surface area (Å²) in [6.07, 6.45) is 5.31. The Balaban J connectivity index is 1.68. The van der Waals surface area contributed by atoms with Gasteiger partial charge in [0.05, 0.1) is 12.2 Å². The smallest absolute Gasteiger partial charge is 0.162 e. The second-order valence-corrected chi connectivity index (χ2v) is 6.73. The van der Waals surface area contributed by atoms with Gasteiger partial charge in [0.15, 0.2) is 11.5 Å². The molecule has 1 aliphatic heterocycles. The summed E-state index contributed by atoms with van der Waals surface area (Å²) in [6, 6.07) is 5.69. The van der Waals surface area contributed by atoms with Crippen molar-refractivity contribution < 1.29 is 14.9 Å². The van der Waals surface area contributed by atoms with E-state index in [0.717, 1.165) is 50.9 Å². The standard InChI is InChI=1S/C18H27NO3/c1-2-22-16-8-5-6-14(17(16)20)12-19-11-10-18(21)9-4-3-7-15(18)13-19/h5-6,8,15,20-21H,2-4,7,9-13H2,1H3. The van der Waals surface area contributed by atoms with Crippen molar-refractivity contribution in [2.45, 2.75) is 51.2 Å². The summed E-state index contributed by atoms with van der Waals surface area (Å²) >= 11 is 0. The lowest BCUT2D eigenvalue weighted by atomic mass is 9.71. The van der Waals surface area contributed by atoms with E-state index >= 15 is 0 Å². The molecule has 1 aromatic carbocycles. The molecule has 0 aromatic heterocycles. The predicted molar refractivity (Wildman–Crippen MR) is 86.1 cm³/mol. The van der Waals surface area contributed by atoms with E-state index in [-0.39, 0.29) is 5.75 Å². The molecule has 22 heavy (non-hydrogen) atoms. The number of rotatable bonds is 4. The Kier molecular flexibility index (Phi) is 4.59. The molecular weight excluding hydrogens is 278 g/mol. The number of para-hydroxylation sites is 1. The van der Waals surface area contributed by atoms with E-state index in [0.29, 0.717) is 18.3 Å². The third kappa shape index (κ3) is 3.08. The Hall–Kier alpha value is -1.26. The molecule has 4 nitrogen and oxygen atoms in total. The number of phenolic OH excluding ortho intramolecular Hbond substituents is 1. The van der Waals surface area contributed by atoms with E-state index < -0.39 is 5.60 Å². The van der Waals surface area contributed by atoms with E-state index in [1.165, 1.54) is 6.42 Å². The molecule has 2 unspecified atom stereocenters. The molecule has 4 heteroatoms. The SMILES string of the molecule is CCOc1cccc(CN2CCC3(O)CCCCC3C2)c1O. The summed E-state index contributed by atoms with van der Waals surface area (Å²) < 4.78 is 5.46. The molecule has 2 N–H and O–H groups in total. The topological polar surface area (TPSA) is 52.9 Å². The van der Waals surface area contributed by atoms with Crippen molar-refractivity contribution in [3.8, 4) is 11.5 Å². The van der Waals surface area contributed by atoms with Crippen molar-refractivity contribution in [1.82, 2.24) is 4.90 Å². The van der Waals surface area contributed by atoms with Gasteiger partial charge in [-0.15, -0.1) is 0 Å². The number of hydrogen-bond acceptors (Lipinski definition) is 4.